The average molecular weight is 223 g/mol. The number of alkyl halides is 1. The molecule has 0 spiro atoms. The second-order valence-electron chi connectivity index (χ2n) is 4.27. The summed E-state index contributed by atoms with van der Waals surface area (Å²) in [7, 11) is -2.71. The maximum Gasteiger partial charge on any atom is 0.150 e. The SMILES string of the molecule is O=S1(=O)CCC(C2CCCC2Cl)C1. The Hall–Kier alpha value is 0.240. The first-order valence-electron chi connectivity index (χ1n) is 4.93. The Morgan fingerprint density at radius 3 is 2.38 bits per heavy atom. The largest absolute Gasteiger partial charge is 0.229 e. The third kappa shape index (κ3) is 2.01. The molecule has 0 radical (unpaired) electrons. The summed E-state index contributed by atoms with van der Waals surface area (Å²) in [6.07, 6.45) is 4.22. The lowest BCUT2D eigenvalue weighted by Crippen LogP contribution is -2.20. The van der Waals surface area contributed by atoms with Crippen LogP contribution in [0.3, 0.4) is 0 Å². The highest BCUT2D eigenvalue weighted by atomic mass is 35.5. The van der Waals surface area contributed by atoms with Crippen LogP contribution in [0.5, 0.6) is 0 Å². The highest BCUT2D eigenvalue weighted by Gasteiger charge is 2.38. The molecular formula is C9H15ClO2S. The van der Waals surface area contributed by atoms with E-state index in [1.165, 1.54) is 6.42 Å². The van der Waals surface area contributed by atoms with Gasteiger partial charge >= 0.3 is 0 Å². The van der Waals surface area contributed by atoms with Crippen LogP contribution in [-0.2, 0) is 9.84 Å². The van der Waals surface area contributed by atoms with E-state index in [0.29, 0.717) is 23.3 Å². The minimum absolute atomic E-state index is 0.235. The summed E-state index contributed by atoms with van der Waals surface area (Å²) >= 11 is 6.16. The Bertz CT molecular complexity index is 286. The van der Waals surface area contributed by atoms with Gasteiger partial charge in [0.15, 0.2) is 9.84 Å². The van der Waals surface area contributed by atoms with E-state index in [0.717, 1.165) is 19.3 Å². The first-order valence-corrected chi connectivity index (χ1v) is 7.19. The average Bonchev–Trinajstić information content (AvgIpc) is 2.56. The number of hydrogen-bond donors (Lipinski definition) is 0. The summed E-state index contributed by atoms with van der Waals surface area (Å²) in [5.41, 5.74) is 0. The van der Waals surface area contributed by atoms with E-state index >= 15 is 0 Å². The number of rotatable bonds is 1. The van der Waals surface area contributed by atoms with E-state index in [2.05, 4.69) is 0 Å². The fourth-order valence-electron chi connectivity index (χ4n) is 2.64. The molecule has 2 aliphatic rings. The zero-order valence-electron chi connectivity index (χ0n) is 7.58. The van der Waals surface area contributed by atoms with Gasteiger partial charge in [0.05, 0.1) is 11.5 Å². The Morgan fingerprint density at radius 1 is 1.15 bits per heavy atom. The van der Waals surface area contributed by atoms with Gasteiger partial charge in [0, 0.05) is 5.38 Å². The molecule has 4 heteroatoms. The summed E-state index contributed by atoms with van der Waals surface area (Å²) in [6, 6.07) is 0. The van der Waals surface area contributed by atoms with Gasteiger partial charge in [-0.2, -0.15) is 0 Å². The third-order valence-electron chi connectivity index (χ3n) is 3.36. The summed E-state index contributed by atoms with van der Waals surface area (Å²) < 4.78 is 22.5. The van der Waals surface area contributed by atoms with Crippen LogP contribution >= 0.6 is 11.6 Å². The van der Waals surface area contributed by atoms with E-state index in [-0.39, 0.29) is 5.38 Å². The van der Waals surface area contributed by atoms with Crippen LogP contribution < -0.4 is 0 Å². The zero-order valence-corrected chi connectivity index (χ0v) is 9.15. The number of sulfone groups is 1. The van der Waals surface area contributed by atoms with Gasteiger partial charge in [-0.15, -0.1) is 11.6 Å². The summed E-state index contributed by atoms with van der Waals surface area (Å²) in [6.45, 7) is 0. The molecule has 0 N–H and O–H groups in total. The molecule has 1 saturated carbocycles. The quantitative estimate of drug-likeness (QED) is 0.635. The van der Waals surface area contributed by atoms with E-state index in [1.54, 1.807) is 0 Å². The molecule has 1 heterocycles. The number of hydrogen-bond acceptors (Lipinski definition) is 2. The van der Waals surface area contributed by atoms with Gasteiger partial charge in [-0.25, -0.2) is 8.42 Å². The topological polar surface area (TPSA) is 34.1 Å². The predicted octanol–water partition coefficient (Wildman–Crippen LogP) is 1.83. The van der Waals surface area contributed by atoms with Gasteiger partial charge in [0.1, 0.15) is 0 Å². The fraction of sp³-hybridized carbons (Fsp3) is 1.00. The molecule has 1 saturated heterocycles. The molecule has 0 aromatic carbocycles. The van der Waals surface area contributed by atoms with Crippen molar-refractivity contribution in [1.82, 2.24) is 0 Å². The fourth-order valence-corrected chi connectivity index (χ4v) is 5.02. The molecule has 2 rings (SSSR count). The predicted molar refractivity (Wildman–Crippen MR) is 53.7 cm³/mol. The van der Waals surface area contributed by atoms with E-state index in [9.17, 15) is 8.42 Å². The van der Waals surface area contributed by atoms with Crippen molar-refractivity contribution < 1.29 is 8.42 Å². The minimum atomic E-state index is -2.71. The molecular weight excluding hydrogens is 208 g/mol. The Morgan fingerprint density at radius 2 is 1.92 bits per heavy atom. The van der Waals surface area contributed by atoms with Crippen molar-refractivity contribution >= 4 is 21.4 Å². The Balaban J connectivity index is 2.03. The van der Waals surface area contributed by atoms with Gasteiger partial charge in [0.25, 0.3) is 0 Å². The highest BCUT2D eigenvalue weighted by molar-refractivity contribution is 7.91. The van der Waals surface area contributed by atoms with Crippen molar-refractivity contribution in [2.75, 3.05) is 11.5 Å². The normalized spacial score (nSPS) is 43.9. The molecule has 76 valence electrons. The number of halogens is 1. The summed E-state index contributed by atoms with van der Waals surface area (Å²) in [5.74, 6) is 1.60. The van der Waals surface area contributed by atoms with E-state index in [1.807, 2.05) is 0 Å². The van der Waals surface area contributed by atoms with Crippen LogP contribution in [0.1, 0.15) is 25.7 Å². The maximum absolute atomic E-state index is 11.3. The lowest BCUT2D eigenvalue weighted by atomic mass is 9.90. The standard InChI is InChI=1S/C9H15ClO2S/c10-9-3-1-2-8(9)7-4-5-13(11,12)6-7/h7-9H,1-6H2. The third-order valence-corrected chi connectivity index (χ3v) is 5.69. The van der Waals surface area contributed by atoms with Gasteiger partial charge in [-0.1, -0.05) is 6.42 Å². The monoisotopic (exact) mass is 222 g/mol. The van der Waals surface area contributed by atoms with Crippen molar-refractivity contribution in [3.05, 3.63) is 0 Å². The van der Waals surface area contributed by atoms with Gasteiger partial charge in [0.2, 0.25) is 0 Å². The lowest BCUT2D eigenvalue weighted by Gasteiger charge is -2.19. The van der Waals surface area contributed by atoms with E-state index < -0.39 is 9.84 Å². The van der Waals surface area contributed by atoms with Gasteiger partial charge < -0.3 is 0 Å². The Kier molecular flexibility index (Phi) is 2.58. The van der Waals surface area contributed by atoms with Crippen molar-refractivity contribution in [1.29, 1.82) is 0 Å². The molecule has 1 aliphatic heterocycles. The van der Waals surface area contributed by atoms with E-state index in [4.69, 9.17) is 11.6 Å². The Labute approximate surface area is 84.6 Å². The molecule has 0 amide bonds. The van der Waals surface area contributed by atoms with Crippen LogP contribution in [0, 0.1) is 11.8 Å². The molecule has 2 nitrogen and oxygen atoms in total. The van der Waals surface area contributed by atoms with Crippen LogP contribution in [-0.4, -0.2) is 25.3 Å². The zero-order chi connectivity index (χ0) is 9.47. The van der Waals surface area contributed by atoms with Crippen molar-refractivity contribution in [3.8, 4) is 0 Å². The summed E-state index contributed by atoms with van der Waals surface area (Å²) in [5, 5.41) is 0.235. The van der Waals surface area contributed by atoms with Crippen LogP contribution in [0.2, 0.25) is 0 Å². The second-order valence-corrected chi connectivity index (χ2v) is 7.06. The molecule has 0 aromatic rings. The second kappa shape index (κ2) is 3.43. The van der Waals surface area contributed by atoms with Crippen molar-refractivity contribution in [2.24, 2.45) is 11.8 Å². The van der Waals surface area contributed by atoms with Crippen LogP contribution in [0.4, 0.5) is 0 Å². The molecule has 0 aromatic heterocycles. The maximum atomic E-state index is 11.3. The van der Waals surface area contributed by atoms with Crippen LogP contribution in [0.25, 0.3) is 0 Å². The van der Waals surface area contributed by atoms with Gasteiger partial charge in [-0.3, -0.25) is 0 Å². The first-order chi connectivity index (χ1) is 6.08. The lowest BCUT2D eigenvalue weighted by molar-refractivity contribution is 0.378. The first kappa shape index (κ1) is 9.78. The molecule has 2 fully saturated rings. The van der Waals surface area contributed by atoms with Crippen LogP contribution in [0.15, 0.2) is 0 Å². The molecule has 1 aliphatic carbocycles. The smallest absolute Gasteiger partial charge is 0.150 e. The molecule has 3 atom stereocenters. The van der Waals surface area contributed by atoms with Crippen molar-refractivity contribution in [3.63, 3.8) is 0 Å². The van der Waals surface area contributed by atoms with Gasteiger partial charge in [-0.05, 0) is 31.1 Å². The van der Waals surface area contributed by atoms with Crippen molar-refractivity contribution in [2.45, 2.75) is 31.1 Å². The molecule has 13 heavy (non-hydrogen) atoms. The molecule has 0 bridgehead atoms. The summed E-state index contributed by atoms with van der Waals surface area (Å²) in [4.78, 5) is 0. The highest BCUT2D eigenvalue weighted by Crippen LogP contribution is 2.39. The minimum Gasteiger partial charge on any atom is -0.229 e. The molecule has 3 unspecified atom stereocenters.